The van der Waals surface area contributed by atoms with Gasteiger partial charge in [-0.1, -0.05) is 51.1 Å². The smallest absolute Gasteiger partial charge is 0.236 e. The molecule has 2 atom stereocenters. The molecular formula is C16H26N2O. The van der Waals surface area contributed by atoms with Gasteiger partial charge in [-0.2, -0.15) is 0 Å². The van der Waals surface area contributed by atoms with Gasteiger partial charge in [0.1, 0.15) is 0 Å². The van der Waals surface area contributed by atoms with E-state index >= 15 is 0 Å². The fourth-order valence-corrected chi connectivity index (χ4v) is 1.73. The molecule has 1 aromatic rings. The zero-order valence-electron chi connectivity index (χ0n) is 12.2. The van der Waals surface area contributed by atoms with E-state index in [9.17, 15) is 4.79 Å². The van der Waals surface area contributed by atoms with E-state index in [1.165, 1.54) is 5.56 Å². The summed E-state index contributed by atoms with van der Waals surface area (Å²) in [6.45, 7) is 7.16. The van der Waals surface area contributed by atoms with Crippen LogP contribution in [0.15, 0.2) is 30.3 Å². The minimum atomic E-state index is -0.417. The maximum absolute atomic E-state index is 11.9. The molecule has 1 unspecified atom stereocenters. The average Bonchev–Trinajstić information content (AvgIpc) is 2.42. The lowest BCUT2D eigenvalue weighted by atomic mass is 9.98. The second-order valence-corrected chi connectivity index (χ2v) is 5.60. The van der Waals surface area contributed by atoms with Crippen molar-refractivity contribution in [1.82, 2.24) is 5.32 Å². The predicted molar refractivity (Wildman–Crippen MR) is 79.8 cm³/mol. The van der Waals surface area contributed by atoms with Crippen molar-refractivity contribution >= 4 is 5.91 Å². The number of hydrogen-bond acceptors (Lipinski definition) is 2. The van der Waals surface area contributed by atoms with E-state index in [1.54, 1.807) is 0 Å². The van der Waals surface area contributed by atoms with Crippen LogP contribution in [0.3, 0.4) is 0 Å². The van der Waals surface area contributed by atoms with E-state index in [0.717, 1.165) is 6.42 Å². The summed E-state index contributed by atoms with van der Waals surface area (Å²) in [6.07, 6.45) is 1.53. The molecule has 1 amide bonds. The van der Waals surface area contributed by atoms with Gasteiger partial charge < -0.3 is 11.1 Å². The van der Waals surface area contributed by atoms with Gasteiger partial charge in [0.15, 0.2) is 0 Å². The molecule has 0 bridgehead atoms. The third-order valence-corrected chi connectivity index (χ3v) is 3.66. The number of aryl methyl sites for hydroxylation is 1. The van der Waals surface area contributed by atoms with Crippen LogP contribution in [0.2, 0.25) is 0 Å². The summed E-state index contributed by atoms with van der Waals surface area (Å²) in [5, 5.41) is 2.94. The molecule has 1 rings (SSSR count). The van der Waals surface area contributed by atoms with E-state index in [4.69, 9.17) is 5.73 Å². The number of carbonyl (C=O) groups excluding carboxylic acids is 1. The van der Waals surface area contributed by atoms with Gasteiger partial charge in [0.25, 0.3) is 0 Å². The Hall–Kier alpha value is -1.35. The van der Waals surface area contributed by atoms with Crippen LogP contribution < -0.4 is 11.1 Å². The van der Waals surface area contributed by atoms with E-state index in [2.05, 4.69) is 38.2 Å². The average molecular weight is 262 g/mol. The van der Waals surface area contributed by atoms with Crippen molar-refractivity contribution in [2.24, 2.45) is 17.6 Å². The molecule has 0 heterocycles. The minimum absolute atomic E-state index is 0.0385. The highest BCUT2D eigenvalue weighted by Crippen LogP contribution is 2.08. The molecule has 0 aliphatic carbocycles. The number of nitrogens with two attached hydrogens (primary N) is 1. The normalized spacial score (nSPS) is 14.2. The van der Waals surface area contributed by atoms with Gasteiger partial charge in [0, 0.05) is 6.54 Å². The fourth-order valence-electron chi connectivity index (χ4n) is 1.73. The first-order valence-corrected chi connectivity index (χ1v) is 7.08. The molecule has 106 valence electrons. The first-order valence-electron chi connectivity index (χ1n) is 7.08. The van der Waals surface area contributed by atoms with Gasteiger partial charge in [-0.3, -0.25) is 4.79 Å². The van der Waals surface area contributed by atoms with Crippen molar-refractivity contribution < 1.29 is 4.79 Å². The second-order valence-electron chi connectivity index (χ2n) is 5.60. The van der Waals surface area contributed by atoms with Crippen LogP contribution in [0, 0.1) is 11.8 Å². The third kappa shape index (κ3) is 5.88. The van der Waals surface area contributed by atoms with E-state index in [1.807, 2.05) is 18.2 Å². The summed E-state index contributed by atoms with van der Waals surface area (Å²) >= 11 is 0. The Morgan fingerprint density at radius 2 is 1.84 bits per heavy atom. The SMILES string of the molecule is CC(C)C(C)CNC(=O)[C@@H](N)CCc1ccccc1. The highest BCUT2D eigenvalue weighted by Gasteiger charge is 2.15. The topological polar surface area (TPSA) is 55.1 Å². The first kappa shape index (κ1) is 15.7. The molecule has 0 spiro atoms. The molecule has 3 heteroatoms. The maximum atomic E-state index is 11.9. The largest absolute Gasteiger partial charge is 0.354 e. The third-order valence-electron chi connectivity index (χ3n) is 3.66. The van der Waals surface area contributed by atoms with E-state index in [-0.39, 0.29) is 5.91 Å². The number of amides is 1. The van der Waals surface area contributed by atoms with Crippen LogP contribution in [0.25, 0.3) is 0 Å². The molecule has 0 fully saturated rings. The summed E-state index contributed by atoms with van der Waals surface area (Å²) in [4.78, 5) is 11.9. The Balaban J connectivity index is 2.29. The molecule has 0 aliphatic heterocycles. The molecule has 3 N–H and O–H groups in total. The molecule has 0 aliphatic rings. The van der Waals surface area contributed by atoms with Crippen LogP contribution in [0.5, 0.6) is 0 Å². The Bertz CT molecular complexity index is 376. The highest BCUT2D eigenvalue weighted by atomic mass is 16.2. The van der Waals surface area contributed by atoms with Crippen molar-refractivity contribution in [3.8, 4) is 0 Å². The van der Waals surface area contributed by atoms with Gasteiger partial charge in [-0.25, -0.2) is 0 Å². The Morgan fingerprint density at radius 1 is 1.21 bits per heavy atom. The molecule has 0 radical (unpaired) electrons. The summed E-state index contributed by atoms with van der Waals surface area (Å²) in [5.74, 6) is 1.01. The predicted octanol–water partition coefficient (Wildman–Crippen LogP) is 2.35. The van der Waals surface area contributed by atoms with Crippen LogP contribution >= 0.6 is 0 Å². The van der Waals surface area contributed by atoms with Crippen molar-refractivity contribution in [1.29, 1.82) is 0 Å². The Kier molecular flexibility index (Phi) is 6.57. The van der Waals surface area contributed by atoms with Crippen molar-refractivity contribution in [2.75, 3.05) is 6.54 Å². The number of hydrogen-bond donors (Lipinski definition) is 2. The van der Waals surface area contributed by atoms with Crippen LogP contribution in [0.1, 0.15) is 32.8 Å². The van der Waals surface area contributed by atoms with Gasteiger partial charge in [-0.05, 0) is 30.2 Å². The summed E-state index contributed by atoms with van der Waals surface area (Å²) in [5.41, 5.74) is 7.14. The maximum Gasteiger partial charge on any atom is 0.236 e. The lowest BCUT2D eigenvalue weighted by Crippen LogP contribution is -2.42. The molecule has 0 aromatic heterocycles. The van der Waals surface area contributed by atoms with Crippen molar-refractivity contribution in [3.63, 3.8) is 0 Å². The van der Waals surface area contributed by atoms with Crippen molar-refractivity contribution in [2.45, 2.75) is 39.7 Å². The highest BCUT2D eigenvalue weighted by molar-refractivity contribution is 5.81. The molecular weight excluding hydrogens is 236 g/mol. The van der Waals surface area contributed by atoms with E-state index in [0.29, 0.717) is 24.8 Å². The van der Waals surface area contributed by atoms with Crippen molar-refractivity contribution in [3.05, 3.63) is 35.9 Å². The Labute approximate surface area is 116 Å². The molecule has 1 aromatic carbocycles. The lowest BCUT2D eigenvalue weighted by molar-refractivity contribution is -0.122. The van der Waals surface area contributed by atoms with Gasteiger partial charge in [-0.15, -0.1) is 0 Å². The molecule has 0 saturated heterocycles. The van der Waals surface area contributed by atoms with Gasteiger partial charge in [0.05, 0.1) is 6.04 Å². The number of rotatable bonds is 7. The number of benzene rings is 1. The van der Waals surface area contributed by atoms with Crippen LogP contribution in [0.4, 0.5) is 0 Å². The first-order chi connectivity index (χ1) is 9.00. The zero-order valence-corrected chi connectivity index (χ0v) is 12.2. The zero-order chi connectivity index (χ0) is 14.3. The second kappa shape index (κ2) is 7.95. The summed E-state index contributed by atoms with van der Waals surface area (Å²) in [7, 11) is 0. The summed E-state index contributed by atoms with van der Waals surface area (Å²) in [6, 6.07) is 9.70. The van der Waals surface area contributed by atoms with Crippen LogP contribution in [-0.2, 0) is 11.2 Å². The molecule has 0 saturated carbocycles. The molecule has 19 heavy (non-hydrogen) atoms. The minimum Gasteiger partial charge on any atom is -0.354 e. The fraction of sp³-hybridized carbons (Fsp3) is 0.562. The Morgan fingerprint density at radius 3 is 2.42 bits per heavy atom. The summed E-state index contributed by atoms with van der Waals surface area (Å²) < 4.78 is 0. The lowest BCUT2D eigenvalue weighted by Gasteiger charge is -2.18. The standard InChI is InChI=1S/C16H26N2O/c1-12(2)13(3)11-18-16(19)15(17)10-9-14-7-5-4-6-8-14/h4-8,12-13,15H,9-11,17H2,1-3H3,(H,18,19)/t13?,15-/m0/s1. The number of carbonyl (C=O) groups is 1. The molecule has 3 nitrogen and oxygen atoms in total. The monoisotopic (exact) mass is 262 g/mol. The van der Waals surface area contributed by atoms with Gasteiger partial charge in [0.2, 0.25) is 5.91 Å². The van der Waals surface area contributed by atoms with Gasteiger partial charge >= 0.3 is 0 Å². The quantitative estimate of drug-likeness (QED) is 0.792. The van der Waals surface area contributed by atoms with E-state index < -0.39 is 6.04 Å². The van der Waals surface area contributed by atoms with Crippen LogP contribution in [-0.4, -0.2) is 18.5 Å². The number of nitrogens with one attached hydrogen (secondary N) is 1.